The summed E-state index contributed by atoms with van der Waals surface area (Å²) in [6.45, 7) is 1.22. The first kappa shape index (κ1) is 20.6. The number of carbonyl (C=O) groups is 1. The van der Waals surface area contributed by atoms with E-state index in [4.69, 9.17) is 10.7 Å². The molecule has 0 radical (unpaired) electrons. The highest BCUT2D eigenvalue weighted by Gasteiger charge is 2.31. The Kier molecular flexibility index (Phi) is 5.42. The van der Waals surface area contributed by atoms with Crippen LogP contribution in [0.5, 0.6) is 0 Å². The van der Waals surface area contributed by atoms with Gasteiger partial charge in [0.05, 0.1) is 18.7 Å². The van der Waals surface area contributed by atoms with Gasteiger partial charge in [0, 0.05) is 29.7 Å². The molecule has 0 bridgehead atoms. The molecule has 1 aliphatic rings. The number of pyridine rings is 1. The van der Waals surface area contributed by atoms with Crippen LogP contribution in [0.3, 0.4) is 0 Å². The number of nitrogens with two attached hydrogens (primary N) is 1. The summed E-state index contributed by atoms with van der Waals surface area (Å²) in [6.07, 6.45) is 7.08. The molecule has 164 valence electrons. The molecule has 0 saturated carbocycles. The van der Waals surface area contributed by atoms with E-state index in [9.17, 15) is 10.1 Å². The third-order valence-electron chi connectivity index (χ3n) is 5.87. The van der Waals surface area contributed by atoms with Crippen LogP contribution in [0.1, 0.15) is 35.1 Å². The Morgan fingerprint density at radius 1 is 1.18 bits per heavy atom. The van der Waals surface area contributed by atoms with Gasteiger partial charge >= 0.3 is 0 Å². The number of fused-ring (bicyclic) bond motifs is 1. The van der Waals surface area contributed by atoms with E-state index in [1.54, 1.807) is 36.7 Å². The average molecular weight is 438 g/mol. The smallest absolute Gasteiger partial charge is 0.256 e. The van der Waals surface area contributed by atoms with Gasteiger partial charge in [-0.1, -0.05) is 18.2 Å². The van der Waals surface area contributed by atoms with Crippen LogP contribution in [0.25, 0.3) is 16.8 Å². The van der Waals surface area contributed by atoms with Gasteiger partial charge in [-0.2, -0.15) is 5.26 Å². The molecule has 1 fully saturated rings. The van der Waals surface area contributed by atoms with Crippen molar-refractivity contribution in [1.29, 1.82) is 5.26 Å². The highest BCUT2D eigenvalue weighted by atomic mass is 16.1. The first-order chi connectivity index (χ1) is 16.2. The first-order valence-corrected chi connectivity index (χ1v) is 10.7. The van der Waals surface area contributed by atoms with Crippen molar-refractivity contribution in [3.05, 3.63) is 72.4 Å². The van der Waals surface area contributed by atoms with Crippen molar-refractivity contribution in [1.82, 2.24) is 24.3 Å². The molecule has 4 aromatic rings. The molecular weight excluding hydrogens is 416 g/mol. The molecule has 1 aromatic carbocycles. The number of nitrogens with one attached hydrogen (secondary N) is 1. The average Bonchev–Trinajstić information content (AvgIpc) is 3.45. The van der Waals surface area contributed by atoms with Crippen molar-refractivity contribution in [2.75, 3.05) is 24.1 Å². The van der Waals surface area contributed by atoms with E-state index in [1.807, 2.05) is 28.8 Å². The van der Waals surface area contributed by atoms with Crippen LogP contribution in [-0.4, -0.2) is 43.2 Å². The lowest BCUT2D eigenvalue weighted by Gasteiger charge is -2.20. The Labute approximate surface area is 190 Å². The van der Waals surface area contributed by atoms with Crippen molar-refractivity contribution < 1.29 is 4.79 Å². The molecule has 1 saturated heterocycles. The van der Waals surface area contributed by atoms with Crippen LogP contribution in [0.2, 0.25) is 0 Å². The SMILES string of the molecule is N#CCN1CCCC1c1nc(-c2ccc(C(=O)Nc3ccccn3)cc2)c2c(N)nccn12. The fraction of sp³-hybridized carbons (Fsp3) is 0.208. The second kappa shape index (κ2) is 8.68. The van der Waals surface area contributed by atoms with Gasteiger partial charge in [0.1, 0.15) is 28.7 Å². The van der Waals surface area contributed by atoms with Gasteiger partial charge in [-0.15, -0.1) is 0 Å². The molecule has 1 atom stereocenters. The number of nitriles is 1. The zero-order valence-electron chi connectivity index (χ0n) is 17.8. The molecule has 5 rings (SSSR count). The van der Waals surface area contributed by atoms with Crippen molar-refractivity contribution in [3.63, 3.8) is 0 Å². The Balaban J connectivity index is 1.50. The maximum absolute atomic E-state index is 12.6. The molecule has 9 heteroatoms. The lowest BCUT2D eigenvalue weighted by atomic mass is 10.1. The summed E-state index contributed by atoms with van der Waals surface area (Å²) in [5.41, 5.74) is 9.02. The molecule has 1 aliphatic heterocycles. The predicted octanol–water partition coefficient (Wildman–Crippen LogP) is 3.29. The third-order valence-corrected chi connectivity index (χ3v) is 5.87. The molecule has 0 spiro atoms. The number of amides is 1. The fourth-order valence-electron chi connectivity index (χ4n) is 4.33. The number of aromatic nitrogens is 4. The Morgan fingerprint density at radius 2 is 2.03 bits per heavy atom. The monoisotopic (exact) mass is 438 g/mol. The zero-order chi connectivity index (χ0) is 22.8. The number of nitrogens with zero attached hydrogens (tertiary/aromatic N) is 6. The maximum atomic E-state index is 12.6. The number of imidazole rings is 1. The summed E-state index contributed by atoms with van der Waals surface area (Å²) in [4.78, 5) is 28.1. The number of hydrogen-bond donors (Lipinski definition) is 2. The standard InChI is InChI=1S/C24H22N8O/c25-10-14-31-13-3-4-18(31)23-30-20(21-22(26)28-12-15-32(21)23)16-6-8-17(9-7-16)24(33)29-19-5-1-2-11-27-19/h1-2,5-9,11-12,15,18H,3-4,13-14H2,(H2,26,28)(H,27,29,33). The molecule has 33 heavy (non-hydrogen) atoms. The molecule has 1 amide bonds. The molecular formula is C24H22N8O. The Bertz CT molecular complexity index is 1340. The van der Waals surface area contributed by atoms with E-state index in [0.29, 0.717) is 29.4 Å². The predicted molar refractivity (Wildman–Crippen MR) is 124 cm³/mol. The van der Waals surface area contributed by atoms with Crippen molar-refractivity contribution >= 4 is 23.1 Å². The number of rotatable bonds is 5. The van der Waals surface area contributed by atoms with E-state index in [1.165, 1.54) is 0 Å². The first-order valence-electron chi connectivity index (χ1n) is 10.7. The summed E-state index contributed by atoms with van der Waals surface area (Å²) in [5.74, 6) is 1.48. The molecule has 4 heterocycles. The van der Waals surface area contributed by atoms with Crippen LogP contribution in [0, 0.1) is 11.3 Å². The maximum Gasteiger partial charge on any atom is 0.256 e. The number of carbonyl (C=O) groups excluding carboxylic acids is 1. The van der Waals surface area contributed by atoms with Crippen LogP contribution in [-0.2, 0) is 0 Å². The van der Waals surface area contributed by atoms with Gasteiger partial charge in [-0.05, 0) is 43.7 Å². The number of nitrogen functional groups attached to an aromatic ring is 1. The minimum atomic E-state index is -0.241. The summed E-state index contributed by atoms with van der Waals surface area (Å²) < 4.78 is 1.97. The highest BCUT2D eigenvalue weighted by Crippen LogP contribution is 2.36. The lowest BCUT2D eigenvalue weighted by molar-refractivity contribution is 0.102. The largest absolute Gasteiger partial charge is 0.382 e. The van der Waals surface area contributed by atoms with Gasteiger partial charge in [-0.25, -0.2) is 15.0 Å². The normalized spacial score (nSPS) is 16.0. The Morgan fingerprint density at radius 3 is 2.79 bits per heavy atom. The van der Waals surface area contributed by atoms with Crippen LogP contribution in [0.15, 0.2) is 61.1 Å². The van der Waals surface area contributed by atoms with Gasteiger partial charge < -0.3 is 11.1 Å². The van der Waals surface area contributed by atoms with Crippen molar-refractivity contribution in [2.24, 2.45) is 0 Å². The van der Waals surface area contributed by atoms with Crippen LogP contribution < -0.4 is 11.1 Å². The van der Waals surface area contributed by atoms with E-state index in [0.717, 1.165) is 36.3 Å². The summed E-state index contributed by atoms with van der Waals surface area (Å²) in [7, 11) is 0. The summed E-state index contributed by atoms with van der Waals surface area (Å²) in [5, 5.41) is 12.0. The second-order valence-electron chi connectivity index (χ2n) is 7.88. The van der Waals surface area contributed by atoms with E-state index >= 15 is 0 Å². The second-order valence-corrected chi connectivity index (χ2v) is 7.88. The topological polar surface area (TPSA) is 125 Å². The van der Waals surface area contributed by atoms with Crippen molar-refractivity contribution in [3.8, 4) is 17.3 Å². The highest BCUT2D eigenvalue weighted by molar-refractivity contribution is 6.04. The van der Waals surface area contributed by atoms with Gasteiger partial charge in [0.15, 0.2) is 0 Å². The molecule has 3 N–H and O–H groups in total. The molecule has 3 aromatic heterocycles. The Hall–Kier alpha value is -4.29. The molecule has 9 nitrogen and oxygen atoms in total. The number of likely N-dealkylation sites (tertiary alicyclic amines) is 1. The van der Waals surface area contributed by atoms with E-state index in [-0.39, 0.29) is 11.9 Å². The quantitative estimate of drug-likeness (QED) is 0.458. The number of hydrogen-bond acceptors (Lipinski definition) is 7. The number of anilines is 2. The summed E-state index contributed by atoms with van der Waals surface area (Å²) in [6, 6.07) is 14.8. The van der Waals surface area contributed by atoms with Gasteiger partial charge in [-0.3, -0.25) is 14.1 Å². The van der Waals surface area contributed by atoms with Crippen molar-refractivity contribution in [2.45, 2.75) is 18.9 Å². The van der Waals surface area contributed by atoms with Crippen LogP contribution in [0.4, 0.5) is 11.6 Å². The fourth-order valence-corrected chi connectivity index (χ4v) is 4.33. The zero-order valence-corrected chi connectivity index (χ0v) is 17.8. The van der Waals surface area contributed by atoms with Gasteiger partial charge in [0.2, 0.25) is 0 Å². The minimum Gasteiger partial charge on any atom is -0.382 e. The molecule has 1 unspecified atom stereocenters. The van der Waals surface area contributed by atoms with Gasteiger partial charge in [0.25, 0.3) is 5.91 Å². The van der Waals surface area contributed by atoms with E-state index < -0.39 is 0 Å². The number of benzene rings is 1. The third kappa shape index (κ3) is 3.88. The van der Waals surface area contributed by atoms with E-state index in [2.05, 4.69) is 26.3 Å². The van der Waals surface area contributed by atoms with Crippen LogP contribution >= 0.6 is 0 Å². The lowest BCUT2D eigenvalue weighted by Crippen LogP contribution is -2.25. The molecule has 0 aliphatic carbocycles. The minimum absolute atomic E-state index is 0.0381. The summed E-state index contributed by atoms with van der Waals surface area (Å²) >= 11 is 0.